The number of carbonyl (C=O) groups is 1. The molecular formula is C12H17N3O3. The number of hydrogen-bond acceptors (Lipinski definition) is 4. The number of para-hydroxylation sites is 1. The van der Waals surface area contributed by atoms with E-state index in [2.05, 4.69) is 5.16 Å². The fourth-order valence-electron chi connectivity index (χ4n) is 1.46. The number of benzene rings is 1. The van der Waals surface area contributed by atoms with Gasteiger partial charge in [0.25, 0.3) is 5.91 Å². The lowest BCUT2D eigenvalue weighted by Crippen LogP contribution is -2.30. The van der Waals surface area contributed by atoms with Gasteiger partial charge in [-0.3, -0.25) is 4.79 Å². The van der Waals surface area contributed by atoms with Crippen LogP contribution in [0.25, 0.3) is 0 Å². The van der Waals surface area contributed by atoms with E-state index in [-0.39, 0.29) is 11.7 Å². The van der Waals surface area contributed by atoms with Crippen molar-refractivity contribution in [3.05, 3.63) is 29.8 Å². The molecule has 3 N–H and O–H groups in total. The third-order valence-corrected chi connectivity index (χ3v) is 2.52. The fourth-order valence-corrected chi connectivity index (χ4v) is 1.46. The van der Waals surface area contributed by atoms with E-state index in [1.165, 1.54) is 12.0 Å². The molecule has 0 aliphatic rings. The first-order chi connectivity index (χ1) is 8.60. The highest BCUT2D eigenvalue weighted by Gasteiger charge is 2.15. The summed E-state index contributed by atoms with van der Waals surface area (Å²) in [6, 6.07) is 6.99. The maximum atomic E-state index is 12.1. The van der Waals surface area contributed by atoms with Crippen molar-refractivity contribution < 1.29 is 14.7 Å². The lowest BCUT2D eigenvalue weighted by atomic mass is 10.1. The van der Waals surface area contributed by atoms with E-state index in [0.29, 0.717) is 24.3 Å². The van der Waals surface area contributed by atoms with Gasteiger partial charge in [-0.2, -0.15) is 0 Å². The summed E-state index contributed by atoms with van der Waals surface area (Å²) in [5, 5.41) is 11.3. The van der Waals surface area contributed by atoms with E-state index < -0.39 is 0 Å². The van der Waals surface area contributed by atoms with Crippen LogP contribution < -0.4 is 10.5 Å². The van der Waals surface area contributed by atoms with Gasteiger partial charge in [0.15, 0.2) is 0 Å². The van der Waals surface area contributed by atoms with Gasteiger partial charge >= 0.3 is 0 Å². The molecule has 0 aromatic heterocycles. The van der Waals surface area contributed by atoms with Crippen molar-refractivity contribution >= 4 is 11.7 Å². The van der Waals surface area contributed by atoms with E-state index in [1.54, 1.807) is 31.3 Å². The molecule has 0 atom stereocenters. The number of nitrogens with zero attached hydrogens (tertiary/aromatic N) is 2. The molecule has 6 nitrogen and oxygen atoms in total. The largest absolute Gasteiger partial charge is 0.496 e. The minimum Gasteiger partial charge on any atom is -0.496 e. The van der Waals surface area contributed by atoms with Gasteiger partial charge in [-0.05, 0) is 12.1 Å². The Labute approximate surface area is 106 Å². The predicted octanol–water partition coefficient (Wildman–Crippen LogP) is 0.904. The summed E-state index contributed by atoms with van der Waals surface area (Å²) < 4.78 is 5.13. The maximum Gasteiger partial charge on any atom is 0.257 e. The predicted molar refractivity (Wildman–Crippen MR) is 68.0 cm³/mol. The molecule has 0 radical (unpaired) electrons. The van der Waals surface area contributed by atoms with Gasteiger partial charge in [-0.25, -0.2) is 0 Å². The molecule has 0 spiro atoms. The van der Waals surface area contributed by atoms with E-state index in [9.17, 15) is 4.79 Å². The summed E-state index contributed by atoms with van der Waals surface area (Å²) >= 11 is 0. The molecule has 0 saturated heterocycles. The summed E-state index contributed by atoms with van der Waals surface area (Å²) in [5.41, 5.74) is 5.84. The Morgan fingerprint density at radius 1 is 1.50 bits per heavy atom. The molecule has 98 valence electrons. The van der Waals surface area contributed by atoms with Crippen LogP contribution in [0.4, 0.5) is 0 Å². The average Bonchev–Trinajstić information content (AvgIpc) is 2.43. The molecule has 1 amide bonds. The number of amidine groups is 1. The van der Waals surface area contributed by atoms with Crippen LogP contribution in [0.3, 0.4) is 0 Å². The van der Waals surface area contributed by atoms with Crippen molar-refractivity contribution in [3.8, 4) is 5.75 Å². The minimum atomic E-state index is -0.168. The van der Waals surface area contributed by atoms with Crippen LogP contribution in [0.5, 0.6) is 5.75 Å². The molecule has 0 aliphatic heterocycles. The highest BCUT2D eigenvalue weighted by Crippen LogP contribution is 2.18. The average molecular weight is 251 g/mol. The second-order valence-corrected chi connectivity index (χ2v) is 3.77. The first kappa shape index (κ1) is 13.8. The number of rotatable bonds is 5. The maximum absolute atomic E-state index is 12.1. The molecular weight excluding hydrogens is 234 g/mol. The number of nitrogens with two attached hydrogens (primary N) is 1. The quantitative estimate of drug-likeness (QED) is 0.352. The molecule has 18 heavy (non-hydrogen) atoms. The highest BCUT2D eigenvalue weighted by atomic mass is 16.5. The molecule has 0 bridgehead atoms. The van der Waals surface area contributed by atoms with Crippen LogP contribution in [0, 0.1) is 0 Å². The first-order valence-electron chi connectivity index (χ1n) is 5.45. The molecule has 0 aliphatic carbocycles. The summed E-state index contributed by atoms with van der Waals surface area (Å²) in [6.45, 7) is 0.368. The van der Waals surface area contributed by atoms with Crippen molar-refractivity contribution in [1.29, 1.82) is 0 Å². The highest BCUT2D eigenvalue weighted by molar-refractivity contribution is 5.97. The van der Waals surface area contributed by atoms with Gasteiger partial charge in [-0.15, -0.1) is 0 Å². The van der Waals surface area contributed by atoms with Crippen molar-refractivity contribution in [3.63, 3.8) is 0 Å². The molecule has 1 aromatic rings. The summed E-state index contributed by atoms with van der Waals surface area (Å²) in [7, 11) is 3.17. The monoisotopic (exact) mass is 251 g/mol. The summed E-state index contributed by atoms with van der Waals surface area (Å²) in [5.74, 6) is 0.450. The van der Waals surface area contributed by atoms with Gasteiger partial charge in [0.05, 0.1) is 12.7 Å². The van der Waals surface area contributed by atoms with Crippen LogP contribution in [-0.2, 0) is 0 Å². The van der Waals surface area contributed by atoms with Crippen molar-refractivity contribution in [1.82, 2.24) is 4.90 Å². The molecule has 6 heteroatoms. The molecule has 0 saturated carbocycles. The molecule has 0 unspecified atom stereocenters. The lowest BCUT2D eigenvalue weighted by molar-refractivity contribution is 0.0795. The fraction of sp³-hybridized carbons (Fsp3) is 0.333. The van der Waals surface area contributed by atoms with Crippen molar-refractivity contribution in [2.45, 2.75) is 6.42 Å². The summed E-state index contributed by atoms with van der Waals surface area (Å²) in [6.07, 6.45) is 0.313. The van der Waals surface area contributed by atoms with E-state index in [1.807, 2.05) is 0 Å². The molecule has 0 heterocycles. The van der Waals surface area contributed by atoms with Crippen LogP contribution in [0.2, 0.25) is 0 Å². The Hall–Kier alpha value is -2.24. The number of hydrogen-bond donors (Lipinski definition) is 2. The minimum absolute atomic E-state index is 0.0923. The van der Waals surface area contributed by atoms with E-state index in [0.717, 1.165) is 0 Å². The van der Waals surface area contributed by atoms with Gasteiger partial charge in [0, 0.05) is 20.0 Å². The lowest BCUT2D eigenvalue weighted by Gasteiger charge is -2.18. The number of amides is 1. The number of methoxy groups -OCH3 is 1. The topological polar surface area (TPSA) is 88.2 Å². The van der Waals surface area contributed by atoms with Crippen molar-refractivity contribution in [2.24, 2.45) is 10.9 Å². The second-order valence-electron chi connectivity index (χ2n) is 3.77. The normalized spacial score (nSPS) is 11.1. The SMILES string of the molecule is COc1ccccc1C(=O)N(C)CC/C(N)=N/O. The van der Waals surface area contributed by atoms with E-state index >= 15 is 0 Å². The molecule has 0 fully saturated rings. The van der Waals surface area contributed by atoms with Crippen LogP contribution in [0.1, 0.15) is 16.8 Å². The molecule has 1 rings (SSSR count). The summed E-state index contributed by atoms with van der Waals surface area (Å²) in [4.78, 5) is 13.6. The Balaban J connectivity index is 2.74. The first-order valence-corrected chi connectivity index (χ1v) is 5.45. The smallest absolute Gasteiger partial charge is 0.257 e. The zero-order chi connectivity index (χ0) is 13.5. The zero-order valence-corrected chi connectivity index (χ0v) is 10.5. The van der Waals surface area contributed by atoms with Gasteiger partial charge in [0.1, 0.15) is 11.6 Å². The van der Waals surface area contributed by atoms with E-state index in [4.69, 9.17) is 15.7 Å². The number of carbonyl (C=O) groups excluding carboxylic acids is 1. The van der Waals surface area contributed by atoms with Gasteiger partial charge in [0.2, 0.25) is 0 Å². The standard InChI is InChI=1S/C12H17N3O3/c1-15(8-7-11(13)14-17)12(16)9-5-3-4-6-10(9)18-2/h3-6,17H,7-8H2,1-2H3,(H2,13,14). The molecule has 1 aromatic carbocycles. The third-order valence-electron chi connectivity index (χ3n) is 2.52. The van der Waals surface area contributed by atoms with Crippen LogP contribution >= 0.6 is 0 Å². The Kier molecular flexibility index (Phi) is 4.98. The Morgan fingerprint density at radius 3 is 2.78 bits per heavy atom. The van der Waals surface area contributed by atoms with Crippen LogP contribution in [0.15, 0.2) is 29.4 Å². The van der Waals surface area contributed by atoms with Crippen molar-refractivity contribution in [2.75, 3.05) is 20.7 Å². The van der Waals surface area contributed by atoms with Crippen LogP contribution in [-0.4, -0.2) is 42.6 Å². The number of ether oxygens (including phenoxy) is 1. The van der Waals surface area contributed by atoms with Gasteiger partial charge < -0.3 is 20.6 Å². The number of oxime groups is 1. The Bertz CT molecular complexity index is 446. The Morgan fingerprint density at radius 2 is 2.17 bits per heavy atom. The second kappa shape index (κ2) is 6.48. The van der Waals surface area contributed by atoms with Gasteiger partial charge in [-0.1, -0.05) is 17.3 Å². The zero-order valence-electron chi connectivity index (χ0n) is 10.5. The third kappa shape index (κ3) is 3.38.